The van der Waals surface area contributed by atoms with Crippen LogP contribution in [-0.4, -0.2) is 34.4 Å². The first-order chi connectivity index (χ1) is 13.3. The number of halogens is 3. The lowest BCUT2D eigenvalue weighted by Crippen LogP contribution is -2.27. The molecule has 0 unspecified atom stereocenters. The molecule has 0 bridgehead atoms. The molecule has 0 aliphatic rings. The van der Waals surface area contributed by atoms with E-state index in [1.807, 2.05) is 16.8 Å². The van der Waals surface area contributed by atoms with Crippen LogP contribution in [0.2, 0.25) is 0 Å². The van der Waals surface area contributed by atoms with Gasteiger partial charge in [0.1, 0.15) is 5.75 Å². The van der Waals surface area contributed by atoms with Gasteiger partial charge in [-0.1, -0.05) is 18.2 Å². The third kappa shape index (κ3) is 5.32. The number of hydrogen-bond acceptors (Lipinski definition) is 6. The third-order valence-corrected chi connectivity index (χ3v) is 4.50. The minimum absolute atomic E-state index is 0.0188. The van der Waals surface area contributed by atoms with E-state index in [1.54, 1.807) is 6.07 Å². The van der Waals surface area contributed by atoms with Crippen LogP contribution in [0, 0.1) is 0 Å². The molecule has 0 saturated carbocycles. The summed E-state index contributed by atoms with van der Waals surface area (Å²) in [6.45, 7) is -0.0188. The first-order valence-corrected chi connectivity index (χ1v) is 9.18. The molecule has 0 saturated heterocycles. The Labute approximate surface area is 162 Å². The van der Waals surface area contributed by atoms with Crippen molar-refractivity contribution in [2.75, 3.05) is 7.05 Å². The normalized spacial score (nSPS) is 11.4. The molecule has 28 heavy (non-hydrogen) atoms. The van der Waals surface area contributed by atoms with E-state index in [4.69, 9.17) is 4.42 Å². The predicted octanol–water partition coefficient (Wildman–Crippen LogP) is 4.29. The number of amides is 1. The number of aromatic nitrogens is 2. The van der Waals surface area contributed by atoms with Gasteiger partial charge in [0.25, 0.3) is 0 Å². The lowest BCUT2D eigenvalue weighted by Gasteiger charge is -2.19. The standard InChI is InChI=1S/C18H16F3N3O3S/c1-24(10-12-4-2-3-5-14(12)27-18(19,20)21)16(25)7-6-15-22-23-17(26-15)13-8-9-28-11-13/h2-5,8-9,11H,6-7,10H2,1H3. The van der Waals surface area contributed by atoms with E-state index in [-0.39, 0.29) is 36.6 Å². The molecular formula is C18H16F3N3O3S. The number of thiophene rings is 1. The van der Waals surface area contributed by atoms with Crippen molar-refractivity contribution in [3.63, 3.8) is 0 Å². The molecule has 6 nitrogen and oxygen atoms in total. The van der Waals surface area contributed by atoms with Crippen molar-refractivity contribution in [2.45, 2.75) is 25.7 Å². The minimum atomic E-state index is -4.79. The maximum absolute atomic E-state index is 12.5. The van der Waals surface area contributed by atoms with Gasteiger partial charge in [0, 0.05) is 42.9 Å². The van der Waals surface area contributed by atoms with Crippen molar-refractivity contribution >= 4 is 17.2 Å². The molecule has 0 aliphatic heterocycles. The fraction of sp³-hybridized carbons (Fsp3) is 0.278. The maximum Gasteiger partial charge on any atom is 0.573 e. The Morgan fingerprint density at radius 2 is 2.04 bits per heavy atom. The number of aryl methyl sites for hydroxylation is 1. The Kier molecular flexibility index (Phi) is 5.98. The van der Waals surface area contributed by atoms with Crippen LogP contribution in [0.4, 0.5) is 13.2 Å². The molecule has 2 aromatic heterocycles. The number of carbonyl (C=O) groups is 1. The van der Waals surface area contributed by atoms with Crippen molar-refractivity contribution in [3.8, 4) is 17.2 Å². The molecule has 3 rings (SSSR count). The number of alkyl halides is 3. The zero-order valence-electron chi connectivity index (χ0n) is 14.8. The van der Waals surface area contributed by atoms with Crippen molar-refractivity contribution in [1.29, 1.82) is 0 Å². The second-order valence-corrected chi connectivity index (χ2v) is 6.70. The van der Waals surface area contributed by atoms with Crippen LogP contribution >= 0.6 is 11.3 Å². The first-order valence-electron chi connectivity index (χ1n) is 8.24. The molecule has 1 aromatic carbocycles. The monoisotopic (exact) mass is 411 g/mol. The third-order valence-electron chi connectivity index (χ3n) is 3.82. The molecule has 0 spiro atoms. The Balaban J connectivity index is 1.57. The van der Waals surface area contributed by atoms with E-state index in [9.17, 15) is 18.0 Å². The highest BCUT2D eigenvalue weighted by Crippen LogP contribution is 2.27. The molecule has 3 aromatic rings. The summed E-state index contributed by atoms with van der Waals surface area (Å²) in [4.78, 5) is 13.7. The number of nitrogens with zero attached hydrogens (tertiary/aromatic N) is 3. The number of carbonyl (C=O) groups excluding carboxylic acids is 1. The van der Waals surface area contributed by atoms with Gasteiger partial charge in [0.05, 0.1) is 0 Å². The van der Waals surface area contributed by atoms with E-state index < -0.39 is 6.36 Å². The van der Waals surface area contributed by atoms with Crippen LogP contribution in [0.15, 0.2) is 45.5 Å². The van der Waals surface area contributed by atoms with Crippen LogP contribution in [0.3, 0.4) is 0 Å². The Hall–Kier alpha value is -2.88. The SMILES string of the molecule is CN(Cc1ccccc1OC(F)(F)F)C(=O)CCc1nnc(-c2ccsc2)o1. The molecule has 10 heteroatoms. The van der Waals surface area contributed by atoms with Crippen LogP contribution in [0.1, 0.15) is 17.9 Å². The van der Waals surface area contributed by atoms with E-state index in [0.29, 0.717) is 11.8 Å². The topological polar surface area (TPSA) is 68.5 Å². The zero-order chi connectivity index (χ0) is 20.1. The Morgan fingerprint density at radius 3 is 2.75 bits per heavy atom. The van der Waals surface area contributed by atoms with Crippen LogP contribution in [-0.2, 0) is 17.8 Å². The van der Waals surface area contributed by atoms with Gasteiger partial charge < -0.3 is 14.1 Å². The summed E-state index contributed by atoms with van der Waals surface area (Å²) in [5.41, 5.74) is 1.07. The molecular weight excluding hydrogens is 395 g/mol. The second kappa shape index (κ2) is 8.42. The van der Waals surface area contributed by atoms with Gasteiger partial charge in [0.2, 0.25) is 17.7 Å². The van der Waals surface area contributed by atoms with Crippen molar-refractivity contribution < 1.29 is 27.1 Å². The lowest BCUT2D eigenvalue weighted by atomic mass is 10.2. The van der Waals surface area contributed by atoms with E-state index in [1.165, 1.54) is 41.5 Å². The van der Waals surface area contributed by atoms with Gasteiger partial charge in [-0.3, -0.25) is 4.79 Å². The minimum Gasteiger partial charge on any atom is -0.421 e. The summed E-state index contributed by atoms with van der Waals surface area (Å²) in [6, 6.07) is 7.57. The summed E-state index contributed by atoms with van der Waals surface area (Å²) in [5.74, 6) is 0.114. The Bertz CT molecular complexity index is 926. The van der Waals surface area contributed by atoms with E-state index >= 15 is 0 Å². The number of rotatable bonds is 7. The molecule has 0 radical (unpaired) electrons. The Morgan fingerprint density at radius 1 is 1.25 bits per heavy atom. The van der Waals surface area contributed by atoms with Gasteiger partial charge in [0.15, 0.2) is 0 Å². The van der Waals surface area contributed by atoms with E-state index in [0.717, 1.165) is 5.56 Å². The van der Waals surface area contributed by atoms with Gasteiger partial charge in [-0.2, -0.15) is 11.3 Å². The van der Waals surface area contributed by atoms with Crippen LogP contribution in [0.5, 0.6) is 5.75 Å². The zero-order valence-corrected chi connectivity index (χ0v) is 15.6. The quantitative estimate of drug-likeness (QED) is 0.580. The average molecular weight is 411 g/mol. The van der Waals surface area contributed by atoms with Gasteiger partial charge in [-0.15, -0.1) is 23.4 Å². The first kappa shape index (κ1) is 19.9. The smallest absolute Gasteiger partial charge is 0.421 e. The predicted molar refractivity (Wildman–Crippen MR) is 95.5 cm³/mol. The number of hydrogen-bond donors (Lipinski definition) is 0. The fourth-order valence-electron chi connectivity index (χ4n) is 2.46. The van der Waals surface area contributed by atoms with Gasteiger partial charge in [-0.05, 0) is 17.5 Å². The molecule has 2 heterocycles. The molecule has 1 amide bonds. The molecule has 0 fully saturated rings. The summed E-state index contributed by atoms with van der Waals surface area (Å²) < 4.78 is 47.0. The van der Waals surface area contributed by atoms with Gasteiger partial charge in [-0.25, -0.2) is 0 Å². The van der Waals surface area contributed by atoms with Crippen LogP contribution < -0.4 is 4.74 Å². The van der Waals surface area contributed by atoms with Crippen molar-refractivity contribution in [2.24, 2.45) is 0 Å². The highest BCUT2D eigenvalue weighted by Gasteiger charge is 2.32. The average Bonchev–Trinajstić information content (AvgIpc) is 3.31. The summed E-state index contributed by atoms with van der Waals surface area (Å²) in [7, 11) is 1.51. The number of ether oxygens (including phenoxy) is 1. The van der Waals surface area contributed by atoms with Gasteiger partial charge >= 0.3 is 6.36 Å². The number of benzene rings is 1. The van der Waals surface area contributed by atoms with Crippen LogP contribution in [0.25, 0.3) is 11.5 Å². The summed E-state index contributed by atoms with van der Waals surface area (Å²) >= 11 is 1.50. The highest BCUT2D eigenvalue weighted by atomic mass is 32.1. The largest absolute Gasteiger partial charge is 0.573 e. The molecule has 0 aliphatic carbocycles. The van der Waals surface area contributed by atoms with E-state index in [2.05, 4.69) is 14.9 Å². The van der Waals surface area contributed by atoms with Crippen molar-refractivity contribution in [3.05, 3.63) is 52.5 Å². The highest BCUT2D eigenvalue weighted by molar-refractivity contribution is 7.08. The molecule has 148 valence electrons. The molecule has 0 N–H and O–H groups in total. The number of para-hydroxylation sites is 1. The summed E-state index contributed by atoms with van der Waals surface area (Å²) in [5, 5.41) is 11.6. The van der Waals surface area contributed by atoms with Crippen molar-refractivity contribution in [1.82, 2.24) is 15.1 Å². The fourth-order valence-corrected chi connectivity index (χ4v) is 3.09. The second-order valence-electron chi connectivity index (χ2n) is 5.92. The lowest BCUT2D eigenvalue weighted by molar-refractivity contribution is -0.275. The molecule has 0 atom stereocenters. The summed E-state index contributed by atoms with van der Waals surface area (Å²) in [6.07, 6.45) is -4.47. The maximum atomic E-state index is 12.5.